The number of hydrogen-bond donors (Lipinski definition) is 3. The molecule has 90 valence electrons. The van der Waals surface area contributed by atoms with Gasteiger partial charge in [-0.15, -0.1) is 0 Å². The molecule has 0 amide bonds. The lowest BCUT2D eigenvalue weighted by molar-refractivity contribution is 0.316. The van der Waals surface area contributed by atoms with Crippen LogP contribution in [-0.2, 0) is 6.54 Å². The van der Waals surface area contributed by atoms with Gasteiger partial charge in [0.15, 0.2) is 0 Å². The van der Waals surface area contributed by atoms with Gasteiger partial charge in [0.25, 0.3) is 0 Å². The predicted octanol–water partition coefficient (Wildman–Crippen LogP) is 0.989. The lowest BCUT2D eigenvalue weighted by Crippen LogP contribution is -2.16. The highest BCUT2D eigenvalue weighted by Gasteiger charge is 1.99. The summed E-state index contributed by atoms with van der Waals surface area (Å²) in [6, 6.07) is 0. The Morgan fingerprint density at radius 1 is 1.62 bits per heavy atom. The Bertz CT molecular complexity index is 335. The van der Waals surface area contributed by atoms with E-state index >= 15 is 0 Å². The van der Waals surface area contributed by atoms with E-state index in [4.69, 9.17) is 15.4 Å². The zero-order valence-electron chi connectivity index (χ0n) is 9.44. The topological polar surface area (TPSA) is 96.7 Å². The second-order valence-corrected chi connectivity index (χ2v) is 3.59. The molecule has 1 aromatic rings. The van der Waals surface area contributed by atoms with Crippen molar-refractivity contribution >= 4 is 5.84 Å². The van der Waals surface area contributed by atoms with Gasteiger partial charge in [-0.2, -0.15) is 0 Å². The van der Waals surface area contributed by atoms with Gasteiger partial charge in [-0.3, -0.25) is 0 Å². The van der Waals surface area contributed by atoms with Crippen molar-refractivity contribution in [3.8, 4) is 0 Å². The first-order chi connectivity index (χ1) is 7.72. The number of hydrogen-bond acceptors (Lipinski definition) is 5. The van der Waals surface area contributed by atoms with Gasteiger partial charge < -0.3 is 20.7 Å². The Morgan fingerprint density at radius 3 is 3.06 bits per heavy atom. The van der Waals surface area contributed by atoms with Crippen LogP contribution in [-0.4, -0.2) is 22.6 Å². The lowest BCUT2D eigenvalue weighted by atomic mass is 10.2. The van der Waals surface area contributed by atoms with E-state index in [1.165, 1.54) is 0 Å². The molecule has 0 spiro atoms. The summed E-state index contributed by atoms with van der Waals surface area (Å²) < 4.78 is 5.30. The van der Waals surface area contributed by atoms with Crippen molar-refractivity contribution in [1.82, 2.24) is 10.3 Å². The van der Waals surface area contributed by atoms with E-state index in [1.807, 2.05) is 6.92 Å². The Kier molecular flexibility index (Phi) is 5.35. The van der Waals surface area contributed by atoms with Gasteiger partial charge in [-0.1, -0.05) is 5.16 Å². The molecule has 0 aliphatic rings. The smallest absolute Gasteiger partial charge is 0.208 e. The van der Waals surface area contributed by atoms with Crippen molar-refractivity contribution in [3.63, 3.8) is 0 Å². The van der Waals surface area contributed by atoms with Crippen LogP contribution in [0, 0.1) is 6.92 Å². The molecular weight excluding hydrogens is 208 g/mol. The molecule has 6 nitrogen and oxygen atoms in total. The Balaban J connectivity index is 2.00. The molecular formula is C10H18N4O2. The van der Waals surface area contributed by atoms with Gasteiger partial charge in [0.05, 0.1) is 12.7 Å². The third-order valence-electron chi connectivity index (χ3n) is 2.11. The summed E-state index contributed by atoms with van der Waals surface area (Å²) in [5.41, 5.74) is 5.34. The number of nitrogens with one attached hydrogen (secondary N) is 1. The second-order valence-electron chi connectivity index (χ2n) is 3.59. The second kappa shape index (κ2) is 6.84. The fourth-order valence-corrected chi connectivity index (χ4v) is 1.28. The van der Waals surface area contributed by atoms with Gasteiger partial charge in [-0.25, -0.2) is 4.98 Å². The summed E-state index contributed by atoms with van der Waals surface area (Å²) in [7, 11) is 0. The zero-order valence-corrected chi connectivity index (χ0v) is 9.44. The normalized spacial score (nSPS) is 11.9. The minimum Gasteiger partial charge on any atom is -0.445 e. The van der Waals surface area contributed by atoms with Crippen molar-refractivity contribution in [2.24, 2.45) is 10.9 Å². The molecule has 0 aliphatic carbocycles. The van der Waals surface area contributed by atoms with E-state index in [1.54, 1.807) is 6.20 Å². The van der Waals surface area contributed by atoms with E-state index in [-0.39, 0.29) is 5.84 Å². The molecule has 6 heteroatoms. The molecule has 0 atom stereocenters. The summed E-state index contributed by atoms with van der Waals surface area (Å²) in [4.78, 5) is 4.07. The van der Waals surface area contributed by atoms with Crippen molar-refractivity contribution in [2.45, 2.75) is 32.7 Å². The van der Waals surface area contributed by atoms with Crippen LogP contribution in [0.15, 0.2) is 15.8 Å². The highest BCUT2D eigenvalue weighted by molar-refractivity contribution is 5.79. The highest BCUT2D eigenvalue weighted by Crippen LogP contribution is 2.00. The van der Waals surface area contributed by atoms with Gasteiger partial charge >= 0.3 is 0 Å². The van der Waals surface area contributed by atoms with Crippen molar-refractivity contribution in [2.75, 3.05) is 6.54 Å². The summed E-state index contributed by atoms with van der Waals surface area (Å²) >= 11 is 0. The maximum Gasteiger partial charge on any atom is 0.208 e. The van der Waals surface area contributed by atoms with Gasteiger partial charge in [0.2, 0.25) is 5.89 Å². The first kappa shape index (κ1) is 12.5. The van der Waals surface area contributed by atoms with Crippen molar-refractivity contribution in [1.29, 1.82) is 0 Å². The molecule has 0 saturated heterocycles. The van der Waals surface area contributed by atoms with E-state index < -0.39 is 0 Å². The molecule has 4 N–H and O–H groups in total. The number of nitrogens with zero attached hydrogens (tertiary/aromatic N) is 2. The van der Waals surface area contributed by atoms with Gasteiger partial charge in [-0.05, 0) is 26.3 Å². The fourth-order valence-electron chi connectivity index (χ4n) is 1.28. The summed E-state index contributed by atoms with van der Waals surface area (Å²) in [5.74, 6) is 1.81. The molecule has 0 radical (unpaired) electrons. The molecule has 1 rings (SSSR count). The molecule has 0 bridgehead atoms. The average Bonchev–Trinajstić information content (AvgIpc) is 2.69. The van der Waals surface area contributed by atoms with Crippen LogP contribution in [0.5, 0.6) is 0 Å². The number of nitrogens with two attached hydrogens (primary N) is 1. The zero-order chi connectivity index (χ0) is 11.8. The number of rotatable bonds is 7. The third kappa shape index (κ3) is 4.79. The van der Waals surface area contributed by atoms with Crippen LogP contribution in [0.4, 0.5) is 0 Å². The molecule has 0 unspecified atom stereocenters. The maximum atomic E-state index is 8.32. The number of unbranched alkanes of at least 4 members (excludes halogenated alkanes) is 1. The molecule has 0 saturated carbocycles. The lowest BCUT2D eigenvalue weighted by Gasteiger charge is -2.01. The number of aryl methyl sites for hydroxylation is 1. The minimum atomic E-state index is 0.281. The van der Waals surface area contributed by atoms with Crippen molar-refractivity contribution < 1.29 is 9.62 Å². The van der Waals surface area contributed by atoms with E-state index in [0.29, 0.717) is 18.9 Å². The Labute approximate surface area is 94.5 Å². The maximum absolute atomic E-state index is 8.32. The summed E-state index contributed by atoms with van der Waals surface area (Å²) in [5, 5.41) is 14.4. The van der Waals surface area contributed by atoms with E-state index in [9.17, 15) is 0 Å². The van der Waals surface area contributed by atoms with E-state index in [0.717, 1.165) is 25.1 Å². The van der Waals surface area contributed by atoms with Crippen LogP contribution in [0.1, 0.15) is 30.9 Å². The predicted molar refractivity (Wildman–Crippen MR) is 60.2 cm³/mol. The molecule has 0 aromatic carbocycles. The quantitative estimate of drug-likeness (QED) is 0.212. The molecule has 16 heavy (non-hydrogen) atoms. The number of oxime groups is 1. The van der Waals surface area contributed by atoms with Crippen LogP contribution < -0.4 is 11.1 Å². The molecule has 1 heterocycles. The SMILES string of the molecule is Cc1cnc(CNCCCCC(N)=NO)o1. The largest absolute Gasteiger partial charge is 0.445 e. The van der Waals surface area contributed by atoms with Crippen LogP contribution in [0.25, 0.3) is 0 Å². The Morgan fingerprint density at radius 2 is 2.44 bits per heavy atom. The molecule has 1 aromatic heterocycles. The Hall–Kier alpha value is -1.56. The summed E-state index contributed by atoms with van der Waals surface area (Å²) in [6.07, 6.45) is 4.19. The number of aromatic nitrogens is 1. The third-order valence-corrected chi connectivity index (χ3v) is 2.11. The molecule has 0 aliphatic heterocycles. The van der Waals surface area contributed by atoms with Gasteiger partial charge in [0.1, 0.15) is 11.6 Å². The fraction of sp³-hybridized carbons (Fsp3) is 0.600. The standard InChI is InChI=1S/C10H18N4O2/c1-8-6-13-10(16-8)7-12-5-3-2-4-9(11)14-15/h6,12,15H,2-5,7H2,1H3,(H2,11,14). The van der Waals surface area contributed by atoms with E-state index in [2.05, 4.69) is 15.5 Å². The average molecular weight is 226 g/mol. The first-order valence-corrected chi connectivity index (χ1v) is 5.31. The van der Waals surface area contributed by atoms with Crippen LogP contribution in [0.3, 0.4) is 0 Å². The van der Waals surface area contributed by atoms with Crippen LogP contribution >= 0.6 is 0 Å². The van der Waals surface area contributed by atoms with Gasteiger partial charge in [0, 0.05) is 6.42 Å². The molecule has 0 fully saturated rings. The van der Waals surface area contributed by atoms with Crippen LogP contribution in [0.2, 0.25) is 0 Å². The highest BCUT2D eigenvalue weighted by atomic mass is 16.4. The number of amidine groups is 1. The number of oxazole rings is 1. The monoisotopic (exact) mass is 226 g/mol. The first-order valence-electron chi connectivity index (χ1n) is 5.31. The minimum absolute atomic E-state index is 0.281. The van der Waals surface area contributed by atoms with Crippen molar-refractivity contribution in [3.05, 3.63) is 17.8 Å². The summed E-state index contributed by atoms with van der Waals surface area (Å²) in [6.45, 7) is 3.37.